The van der Waals surface area contributed by atoms with E-state index in [9.17, 15) is 4.21 Å². The summed E-state index contributed by atoms with van der Waals surface area (Å²) in [5.41, 5.74) is 0. The Kier molecular flexibility index (Phi) is 6.38. The lowest BCUT2D eigenvalue weighted by Crippen LogP contribution is -2.11. The van der Waals surface area contributed by atoms with Gasteiger partial charge in [0.25, 0.3) is 0 Å². The average molecular weight is 185 g/mol. The molecule has 0 aliphatic carbocycles. The lowest BCUT2D eigenvalue weighted by molar-refractivity contribution is 0.123. The van der Waals surface area contributed by atoms with Gasteiger partial charge in [0, 0.05) is 12.4 Å². The zero-order valence-corrected chi connectivity index (χ0v) is 7.87. The smallest absolute Gasteiger partial charge is 0.115 e. The Hall–Kier alpha value is 0.400. The summed E-state index contributed by atoms with van der Waals surface area (Å²) in [6, 6.07) is 0. The Morgan fingerprint density at radius 1 is 1.70 bits per heavy atom. The fraction of sp³-hybridized carbons (Fsp3) is 1.00. The van der Waals surface area contributed by atoms with Gasteiger partial charge >= 0.3 is 0 Å². The highest BCUT2D eigenvalue weighted by atomic mass is 35.7. The highest BCUT2D eigenvalue weighted by Gasteiger charge is 2.04. The van der Waals surface area contributed by atoms with Crippen LogP contribution in [0.4, 0.5) is 0 Å². The van der Waals surface area contributed by atoms with Crippen LogP contribution in [-0.4, -0.2) is 23.2 Å². The quantitative estimate of drug-likeness (QED) is 0.607. The standard InChI is InChI=1S/C6H13ClO2S/c1-3-9-4-6(2)5-10(7)8/h6H,3-5H2,1-2H3. The molecule has 0 bridgehead atoms. The highest BCUT2D eigenvalue weighted by molar-refractivity contribution is 8.08. The Morgan fingerprint density at radius 2 is 2.30 bits per heavy atom. The van der Waals surface area contributed by atoms with Gasteiger partial charge in [-0.1, -0.05) is 6.92 Å². The summed E-state index contributed by atoms with van der Waals surface area (Å²) in [5.74, 6) is 0.806. The molecule has 0 N–H and O–H groups in total. The molecule has 0 amide bonds. The molecule has 0 aliphatic heterocycles. The van der Waals surface area contributed by atoms with E-state index in [0.717, 1.165) is 0 Å². The molecule has 0 aromatic heterocycles. The second-order valence-electron chi connectivity index (χ2n) is 2.22. The van der Waals surface area contributed by atoms with Gasteiger partial charge in [-0.15, -0.1) is 0 Å². The minimum absolute atomic E-state index is 0.290. The molecule has 0 aromatic carbocycles. The first-order chi connectivity index (χ1) is 4.66. The number of hydrogen-bond donors (Lipinski definition) is 0. The minimum Gasteiger partial charge on any atom is -0.381 e. The zero-order chi connectivity index (χ0) is 7.98. The maximum atomic E-state index is 10.4. The van der Waals surface area contributed by atoms with Crippen LogP contribution in [0.2, 0.25) is 0 Å². The van der Waals surface area contributed by atoms with Gasteiger partial charge in [0.05, 0.1) is 6.61 Å². The van der Waals surface area contributed by atoms with Crippen LogP contribution >= 0.6 is 10.7 Å². The van der Waals surface area contributed by atoms with Gasteiger partial charge in [0.15, 0.2) is 0 Å². The van der Waals surface area contributed by atoms with Crippen molar-refractivity contribution in [2.45, 2.75) is 13.8 Å². The molecule has 62 valence electrons. The number of rotatable bonds is 5. The van der Waals surface area contributed by atoms with Crippen LogP contribution in [0.5, 0.6) is 0 Å². The molecule has 0 saturated heterocycles. The second kappa shape index (κ2) is 6.13. The van der Waals surface area contributed by atoms with Gasteiger partial charge in [0.1, 0.15) is 10.0 Å². The molecule has 10 heavy (non-hydrogen) atoms. The Bertz CT molecular complexity index is 108. The molecule has 2 nitrogen and oxygen atoms in total. The van der Waals surface area contributed by atoms with Gasteiger partial charge in [-0.2, -0.15) is 0 Å². The van der Waals surface area contributed by atoms with Crippen LogP contribution < -0.4 is 0 Å². The van der Waals surface area contributed by atoms with Crippen molar-refractivity contribution in [2.75, 3.05) is 19.0 Å². The van der Waals surface area contributed by atoms with Crippen LogP contribution in [0.25, 0.3) is 0 Å². The van der Waals surface area contributed by atoms with Crippen molar-refractivity contribution in [3.8, 4) is 0 Å². The van der Waals surface area contributed by atoms with Gasteiger partial charge in [-0.05, 0) is 23.5 Å². The molecule has 4 heteroatoms. The summed E-state index contributed by atoms with van der Waals surface area (Å²) < 4.78 is 15.5. The maximum Gasteiger partial charge on any atom is 0.115 e. The third-order valence-corrected chi connectivity index (χ3v) is 2.23. The summed E-state index contributed by atoms with van der Waals surface area (Å²) in [6.45, 7) is 5.26. The number of hydrogen-bond acceptors (Lipinski definition) is 2. The average Bonchev–Trinajstić information content (AvgIpc) is 1.82. The van der Waals surface area contributed by atoms with E-state index in [1.807, 2.05) is 13.8 Å². The predicted octanol–water partition coefficient (Wildman–Crippen LogP) is 1.56. The first kappa shape index (κ1) is 10.4. The van der Waals surface area contributed by atoms with E-state index in [1.54, 1.807) is 0 Å². The highest BCUT2D eigenvalue weighted by Crippen LogP contribution is 2.01. The summed E-state index contributed by atoms with van der Waals surface area (Å²) >= 11 is 0. The van der Waals surface area contributed by atoms with E-state index < -0.39 is 10.0 Å². The van der Waals surface area contributed by atoms with Gasteiger partial charge in [-0.3, -0.25) is 0 Å². The molecular weight excluding hydrogens is 172 g/mol. The molecule has 2 atom stereocenters. The first-order valence-corrected chi connectivity index (χ1v) is 5.43. The summed E-state index contributed by atoms with van der Waals surface area (Å²) in [4.78, 5) is 0. The lowest BCUT2D eigenvalue weighted by Gasteiger charge is -2.07. The Labute approximate surface area is 68.9 Å². The largest absolute Gasteiger partial charge is 0.381 e. The van der Waals surface area contributed by atoms with E-state index in [4.69, 9.17) is 15.4 Å². The van der Waals surface area contributed by atoms with Crippen molar-refractivity contribution in [1.82, 2.24) is 0 Å². The Morgan fingerprint density at radius 3 is 2.70 bits per heavy atom. The molecule has 2 unspecified atom stereocenters. The van der Waals surface area contributed by atoms with E-state index >= 15 is 0 Å². The van der Waals surface area contributed by atoms with Crippen molar-refractivity contribution in [3.63, 3.8) is 0 Å². The lowest BCUT2D eigenvalue weighted by atomic mass is 10.2. The van der Waals surface area contributed by atoms with E-state index in [2.05, 4.69) is 0 Å². The SMILES string of the molecule is CCOCC(C)CS(=O)Cl. The molecule has 0 saturated carbocycles. The fourth-order valence-corrected chi connectivity index (χ4v) is 1.78. The number of halogens is 1. The van der Waals surface area contributed by atoms with Crippen LogP contribution in [0.1, 0.15) is 13.8 Å². The summed E-state index contributed by atoms with van der Waals surface area (Å²) in [6.07, 6.45) is 0. The third-order valence-electron chi connectivity index (χ3n) is 1.02. The van der Waals surface area contributed by atoms with Gasteiger partial charge in [-0.25, -0.2) is 4.21 Å². The fourth-order valence-electron chi connectivity index (χ4n) is 0.591. The maximum absolute atomic E-state index is 10.4. The van der Waals surface area contributed by atoms with Crippen LogP contribution in [0.15, 0.2) is 0 Å². The molecule has 0 heterocycles. The van der Waals surface area contributed by atoms with Crippen LogP contribution in [-0.2, 0) is 14.7 Å². The predicted molar refractivity (Wildman–Crippen MR) is 44.5 cm³/mol. The topological polar surface area (TPSA) is 26.3 Å². The van der Waals surface area contributed by atoms with Crippen molar-refractivity contribution < 1.29 is 8.95 Å². The molecular formula is C6H13ClO2S. The van der Waals surface area contributed by atoms with Crippen molar-refractivity contribution in [3.05, 3.63) is 0 Å². The molecule has 0 aromatic rings. The van der Waals surface area contributed by atoms with Crippen molar-refractivity contribution in [2.24, 2.45) is 5.92 Å². The van der Waals surface area contributed by atoms with E-state index in [-0.39, 0.29) is 0 Å². The van der Waals surface area contributed by atoms with E-state index in [0.29, 0.717) is 24.9 Å². The molecule has 0 rings (SSSR count). The number of ether oxygens (including phenoxy) is 1. The Balaban J connectivity index is 3.25. The van der Waals surface area contributed by atoms with Crippen LogP contribution in [0, 0.1) is 5.92 Å². The second-order valence-corrected chi connectivity index (χ2v) is 4.17. The van der Waals surface area contributed by atoms with Crippen molar-refractivity contribution in [1.29, 1.82) is 0 Å². The summed E-state index contributed by atoms with van der Waals surface area (Å²) in [5, 5.41) is 0. The van der Waals surface area contributed by atoms with Gasteiger partial charge in [0.2, 0.25) is 0 Å². The summed E-state index contributed by atoms with van der Waals surface area (Å²) in [7, 11) is 4.06. The van der Waals surface area contributed by atoms with E-state index in [1.165, 1.54) is 0 Å². The molecule has 0 spiro atoms. The molecule has 0 radical (unpaired) electrons. The van der Waals surface area contributed by atoms with Crippen molar-refractivity contribution >= 4 is 20.7 Å². The normalized spacial score (nSPS) is 16.7. The minimum atomic E-state index is -1.21. The third kappa shape index (κ3) is 6.52. The zero-order valence-electron chi connectivity index (χ0n) is 6.30. The first-order valence-electron chi connectivity index (χ1n) is 3.29. The molecule has 0 fully saturated rings. The van der Waals surface area contributed by atoms with Crippen LogP contribution in [0.3, 0.4) is 0 Å². The van der Waals surface area contributed by atoms with Gasteiger partial charge < -0.3 is 4.74 Å². The monoisotopic (exact) mass is 184 g/mol. The molecule has 0 aliphatic rings.